The van der Waals surface area contributed by atoms with E-state index in [9.17, 15) is 9.59 Å². The summed E-state index contributed by atoms with van der Waals surface area (Å²) in [5, 5.41) is 6.09. The number of carbonyl (C=O) groups excluding carboxylic acids is 2. The van der Waals surface area contributed by atoms with Gasteiger partial charge in [-0.3, -0.25) is 9.59 Å². The van der Waals surface area contributed by atoms with Crippen LogP contribution in [0.3, 0.4) is 0 Å². The van der Waals surface area contributed by atoms with Crippen molar-refractivity contribution in [1.29, 1.82) is 0 Å². The first kappa shape index (κ1) is 16.7. The highest BCUT2D eigenvalue weighted by molar-refractivity contribution is 6.00. The fourth-order valence-corrected chi connectivity index (χ4v) is 3.36. The third-order valence-electron chi connectivity index (χ3n) is 4.98. The van der Waals surface area contributed by atoms with E-state index in [1.807, 2.05) is 24.3 Å². The topological polar surface area (TPSA) is 74.6 Å². The minimum atomic E-state index is -0.169. The Hall–Kier alpha value is -2.76. The average Bonchev–Trinajstić information content (AvgIpc) is 3.30. The van der Waals surface area contributed by atoms with Gasteiger partial charge in [0.1, 0.15) is 0 Å². The molecule has 4 rings (SSSR count). The molecule has 1 saturated carbocycles. The van der Waals surface area contributed by atoms with E-state index < -0.39 is 0 Å². The number of para-hydroxylation sites is 1. The summed E-state index contributed by atoms with van der Waals surface area (Å²) in [4.78, 5) is 26.8. The SMILES string of the molecule is O=C(NC1CCN(c2ccccc2C(=O)NC2CC2)CC1)c1ccco1. The van der Waals surface area contributed by atoms with Gasteiger partial charge >= 0.3 is 0 Å². The molecule has 0 atom stereocenters. The molecule has 6 nitrogen and oxygen atoms in total. The van der Waals surface area contributed by atoms with Gasteiger partial charge in [0, 0.05) is 30.9 Å². The molecule has 1 aliphatic carbocycles. The third kappa shape index (κ3) is 3.74. The van der Waals surface area contributed by atoms with Crippen molar-refractivity contribution in [1.82, 2.24) is 10.6 Å². The van der Waals surface area contributed by atoms with Crippen molar-refractivity contribution in [3.63, 3.8) is 0 Å². The van der Waals surface area contributed by atoms with Crippen molar-refractivity contribution in [3.8, 4) is 0 Å². The Kier molecular flexibility index (Phi) is 4.65. The van der Waals surface area contributed by atoms with Gasteiger partial charge in [-0.1, -0.05) is 12.1 Å². The standard InChI is InChI=1S/C20H23N3O3/c24-19(21-14-7-8-14)16-4-1-2-5-17(16)23-11-9-15(10-12-23)22-20(25)18-6-3-13-26-18/h1-6,13-15H,7-12H2,(H,21,24)(H,22,25). The summed E-state index contributed by atoms with van der Waals surface area (Å²) in [7, 11) is 0. The molecule has 2 amide bonds. The van der Waals surface area contributed by atoms with Crippen molar-refractivity contribution in [3.05, 3.63) is 54.0 Å². The van der Waals surface area contributed by atoms with Crippen LogP contribution >= 0.6 is 0 Å². The zero-order valence-corrected chi connectivity index (χ0v) is 14.6. The maximum atomic E-state index is 12.5. The number of hydrogen-bond acceptors (Lipinski definition) is 4. The average molecular weight is 353 g/mol. The lowest BCUT2D eigenvalue weighted by Crippen LogP contribution is -2.45. The Morgan fingerprint density at radius 2 is 1.58 bits per heavy atom. The molecule has 26 heavy (non-hydrogen) atoms. The van der Waals surface area contributed by atoms with Crippen LogP contribution in [0.5, 0.6) is 0 Å². The first-order chi connectivity index (χ1) is 12.7. The molecule has 2 heterocycles. The van der Waals surface area contributed by atoms with Crippen LogP contribution in [-0.4, -0.2) is 37.0 Å². The number of furan rings is 1. The van der Waals surface area contributed by atoms with E-state index in [2.05, 4.69) is 15.5 Å². The van der Waals surface area contributed by atoms with Gasteiger partial charge in [0.25, 0.3) is 11.8 Å². The first-order valence-corrected chi connectivity index (χ1v) is 9.20. The predicted molar refractivity (Wildman–Crippen MR) is 98.3 cm³/mol. The van der Waals surface area contributed by atoms with Gasteiger partial charge in [-0.15, -0.1) is 0 Å². The second kappa shape index (κ2) is 7.23. The monoisotopic (exact) mass is 353 g/mol. The van der Waals surface area contributed by atoms with E-state index in [4.69, 9.17) is 4.42 Å². The fraction of sp³-hybridized carbons (Fsp3) is 0.400. The molecule has 1 aromatic heterocycles. The predicted octanol–water partition coefficient (Wildman–Crippen LogP) is 2.57. The molecule has 6 heteroatoms. The van der Waals surface area contributed by atoms with Crippen LogP contribution in [0.2, 0.25) is 0 Å². The number of benzene rings is 1. The molecule has 0 bridgehead atoms. The highest BCUT2D eigenvalue weighted by Gasteiger charge is 2.27. The lowest BCUT2D eigenvalue weighted by atomic mass is 10.0. The summed E-state index contributed by atoms with van der Waals surface area (Å²) in [6, 6.07) is 11.6. The molecule has 2 N–H and O–H groups in total. The van der Waals surface area contributed by atoms with Gasteiger partial charge in [-0.2, -0.15) is 0 Å². The fourth-order valence-electron chi connectivity index (χ4n) is 3.36. The smallest absolute Gasteiger partial charge is 0.287 e. The summed E-state index contributed by atoms with van der Waals surface area (Å²) in [6.45, 7) is 1.60. The molecule has 2 aromatic rings. The van der Waals surface area contributed by atoms with Crippen LogP contribution in [0.25, 0.3) is 0 Å². The largest absolute Gasteiger partial charge is 0.459 e. The minimum Gasteiger partial charge on any atom is -0.459 e. The highest BCUT2D eigenvalue weighted by Crippen LogP contribution is 2.26. The summed E-state index contributed by atoms with van der Waals surface area (Å²) >= 11 is 0. The summed E-state index contributed by atoms with van der Waals surface area (Å²) in [5.74, 6) is 0.184. The second-order valence-corrected chi connectivity index (χ2v) is 6.98. The van der Waals surface area contributed by atoms with E-state index in [0.717, 1.165) is 50.0 Å². The summed E-state index contributed by atoms with van der Waals surface area (Å²) in [5.41, 5.74) is 1.71. The third-order valence-corrected chi connectivity index (χ3v) is 4.98. The molecule has 0 spiro atoms. The molecule has 0 radical (unpaired) electrons. The van der Waals surface area contributed by atoms with Crippen molar-refractivity contribution in [2.45, 2.75) is 37.8 Å². The number of rotatable bonds is 5. The number of amides is 2. The molecular weight excluding hydrogens is 330 g/mol. The van der Waals surface area contributed by atoms with Gasteiger partial charge < -0.3 is 20.0 Å². The molecule has 1 aliphatic heterocycles. The maximum Gasteiger partial charge on any atom is 0.287 e. The van der Waals surface area contributed by atoms with E-state index in [1.165, 1.54) is 6.26 Å². The van der Waals surface area contributed by atoms with Crippen molar-refractivity contribution < 1.29 is 14.0 Å². The lowest BCUT2D eigenvalue weighted by Gasteiger charge is -2.34. The first-order valence-electron chi connectivity index (χ1n) is 9.20. The zero-order chi connectivity index (χ0) is 17.9. The molecule has 1 saturated heterocycles. The van der Waals surface area contributed by atoms with Crippen LogP contribution in [0.4, 0.5) is 5.69 Å². The molecule has 2 aliphatic rings. The number of carbonyl (C=O) groups is 2. The quantitative estimate of drug-likeness (QED) is 0.866. The molecule has 2 fully saturated rings. The molecule has 136 valence electrons. The Bertz CT molecular complexity index is 775. The van der Waals surface area contributed by atoms with Gasteiger partial charge in [-0.05, 0) is 49.9 Å². The number of anilines is 1. The van der Waals surface area contributed by atoms with Crippen LogP contribution in [0.1, 0.15) is 46.6 Å². The Labute approximate surface area is 152 Å². The van der Waals surface area contributed by atoms with Crippen LogP contribution < -0.4 is 15.5 Å². The van der Waals surface area contributed by atoms with Crippen LogP contribution in [0.15, 0.2) is 47.1 Å². The Morgan fingerprint density at radius 1 is 0.885 bits per heavy atom. The van der Waals surface area contributed by atoms with Crippen molar-refractivity contribution >= 4 is 17.5 Å². The van der Waals surface area contributed by atoms with E-state index in [0.29, 0.717) is 11.8 Å². The second-order valence-electron chi connectivity index (χ2n) is 6.98. The van der Waals surface area contributed by atoms with E-state index in [1.54, 1.807) is 12.1 Å². The highest BCUT2D eigenvalue weighted by atomic mass is 16.3. The van der Waals surface area contributed by atoms with E-state index >= 15 is 0 Å². The molecule has 1 aromatic carbocycles. The number of nitrogens with zero attached hydrogens (tertiary/aromatic N) is 1. The van der Waals surface area contributed by atoms with Crippen molar-refractivity contribution in [2.24, 2.45) is 0 Å². The van der Waals surface area contributed by atoms with Gasteiger partial charge in [0.15, 0.2) is 5.76 Å². The molecule has 0 unspecified atom stereocenters. The molecular formula is C20H23N3O3. The number of nitrogens with one attached hydrogen (secondary N) is 2. The Morgan fingerprint density at radius 3 is 2.27 bits per heavy atom. The van der Waals surface area contributed by atoms with Crippen LogP contribution in [0, 0.1) is 0 Å². The minimum absolute atomic E-state index is 0.0105. The number of piperidine rings is 1. The van der Waals surface area contributed by atoms with Gasteiger partial charge in [0.2, 0.25) is 0 Å². The lowest BCUT2D eigenvalue weighted by molar-refractivity contribution is 0.0902. The summed E-state index contributed by atoms with van der Waals surface area (Å²) < 4.78 is 5.14. The maximum absolute atomic E-state index is 12.5. The van der Waals surface area contributed by atoms with E-state index in [-0.39, 0.29) is 17.9 Å². The van der Waals surface area contributed by atoms with Crippen LogP contribution in [-0.2, 0) is 0 Å². The summed E-state index contributed by atoms with van der Waals surface area (Å²) in [6.07, 6.45) is 5.33. The number of hydrogen-bond donors (Lipinski definition) is 2. The van der Waals surface area contributed by atoms with Gasteiger partial charge in [-0.25, -0.2) is 0 Å². The normalized spacial score (nSPS) is 17.8. The zero-order valence-electron chi connectivity index (χ0n) is 14.6. The Balaban J connectivity index is 1.37. The van der Waals surface area contributed by atoms with Gasteiger partial charge in [0.05, 0.1) is 11.8 Å². The van der Waals surface area contributed by atoms with Crippen molar-refractivity contribution in [2.75, 3.05) is 18.0 Å².